The van der Waals surface area contributed by atoms with Gasteiger partial charge in [0.2, 0.25) is 5.91 Å². The highest BCUT2D eigenvalue weighted by atomic mass is 35.5. The van der Waals surface area contributed by atoms with E-state index in [2.05, 4.69) is 17.4 Å². The van der Waals surface area contributed by atoms with Gasteiger partial charge in [-0.1, -0.05) is 36.4 Å². The van der Waals surface area contributed by atoms with Crippen LogP contribution in [0.5, 0.6) is 0 Å². The zero-order chi connectivity index (χ0) is 13.9. The maximum absolute atomic E-state index is 12.2. The number of carbonyl (C=O) groups is 1. The Kier molecular flexibility index (Phi) is 3.75. The van der Waals surface area contributed by atoms with E-state index in [1.54, 1.807) is 0 Å². The van der Waals surface area contributed by atoms with E-state index < -0.39 is 5.38 Å². The van der Waals surface area contributed by atoms with E-state index in [9.17, 15) is 4.79 Å². The number of hydrogen-bond acceptors (Lipinski definition) is 1. The van der Waals surface area contributed by atoms with Crippen LogP contribution in [-0.4, -0.2) is 5.91 Å². The number of alkyl halides is 1. The van der Waals surface area contributed by atoms with Crippen LogP contribution in [0.1, 0.15) is 28.5 Å². The first-order valence-corrected chi connectivity index (χ1v) is 7.29. The van der Waals surface area contributed by atoms with E-state index in [0.717, 1.165) is 24.1 Å². The Morgan fingerprint density at radius 3 is 2.60 bits per heavy atom. The number of anilines is 1. The summed E-state index contributed by atoms with van der Waals surface area (Å²) in [6.07, 6.45) is 3.45. The summed E-state index contributed by atoms with van der Waals surface area (Å²) < 4.78 is 0. The van der Waals surface area contributed by atoms with Gasteiger partial charge >= 0.3 is 0 Å². The van der Waals surface area contributed by atoms with E-state index in [-0.39, 0.29) is 5.91 Å². The summed E-state index contributed by atoms with van der Waals surface area (Å²) in [6.45, 7) is 0. The number of hydrogen-bond donors (Lipinski definition) is 1. The van der Waals surface area contributed by atoms with Gasteiger partial charge in [0.15, 0.2) is 0 Å². The van der Waals surface area contributed by atoms with Gasteiger partial charge in [-0.25, -0.2) is 0 Å². The molecule has 0 aromatic heterocycles. The van der Waals surface area contributed by atoms with Crippen LogP contribution in [0.4, 0.5) is 5.69 Å². The molecule has 1 aliphatic carbocycles. The molecule has 0 bridgehead atoms. The van der Waals surface area contributed by atoms with Crippen molar-refractivity contribution in [2.24, 2.45) is 0 Å². The Morgan fingerprint density at radius 1 is 1.05 bits per heavy atom. The molecule has 0 saturated carbocycles. The van der Waals surface area contributed by atoms with Crippen LogP contribution in [-0.2, 0) is 17.6 Å². The SMILES string of the molecule is O=C(Nc1ccc2c(c1)CCC2)[C@H](Cl)c1ccccc1. The van der Waals surface area contributed by atoms with Crippen molar-refractivity contribution in [3.05, 3.63) is 65.2 Å². The molecular weight excluding hydrogens is 270 g/mol. The molecular formula is C17H16ClNO. The standard InChI is InChI=1S/C17H16ClNO/c18-16(13-5-2-1-3-6-13)17(20)19-15-10-9-12-7-4-8-14(12)11-15/h1-3,5-6,9-11,16H,4,7-8H2,(H,19,20)/t16-/m1/s1. The fourth-order valence-electron chi connectivity index (χ4n) is 2.63. The molecule has 0 heterocycles. The molecule has 1 N–H and O–H groups in total. The first-order valence-electron chi connectivity index (χ1n) is 6.86. The lowest BCUT2D eigenvalue weighted by atomic mass is 10.1. The Bertz CT molecular complexity index is 624. The summed E-state index contributed by atoms with van der Waals surface area (Å²) in [6, 6.07) is 15.5. The monoisotopic (exact) mass is 285 g/mol. The number of carbonyl (C=O) groups excluding carboxylic acids is 1. The van der Waals surface area contributed by atoms with E-state index in [1.165, 1.54) is 17.5 Å². The fraction of sp³-hybridized carbons (Fsp3) is 0.235. The highest BCUT2D eigenvalue weighted by molar-refractivity contribution is 6.32. The topological polar surface area (TPSA) is 29.1 Å². The minimum absolute atomic E-state index is 0.184. The Labute approximate surface area is 123 Å². The predicted molar refractivity (Wildman–Crippen MR) is 82.1 cm³/mol. The van der Waals surface area contributed by atoms with Gasteiger partial charge in [-0.2, -0.15) is 0 Å². The minimum Gasteiger partial charge on any atom is -0.325 e. The Balaban J connectivity index is 1.73. The van der Waals surface area contributed by atoms with E-state index >= 15 is 0 Å². The summed E-state index contributed by atoms with van der Waals surface area (Å²) in [5, 5.41) is 2.24. The summed E-state index contributed by atoms with van der Waals surface area (Å²) in [4.78, 5) is 12.2. The number of benzene rings is 2. The number of nitrogens with one attached hydrogen (secondary N) is 1. The molecule has 2 aromatic rings. The van der Waals surface area contributed by atoms with E-state index in [4.69, 9.17) is 11.6 Å². The molecule has 0 unspecified atom stereocenters. The van der Waals surface area contributed by atoms with Crippen LogP contribution < -0.4 is 5.32 Å². The lowest BCUT2D eigenvalue weighted by Gasteiger charge is -2.12. The molecule has 2 nitrogen and oxygen atoms in total. The first-order chi connectivity index (χ1) is 9.74. The van der Waals surface area contributed by atoms with Crippen molar-refractivity contribution in [1.29, 1.82) is 0 Å². The van der Waals surface area contributed by atoms with Gasteiger partial charge in [0.1, 0.15) is 5.38 Å². The molecule has 3 rings (SSSR count). The highest BCUT2D eigenvalue weighted by Crippen LogP contribution is 2.26. The third kappa shape index (κ3) is 2.70. The van der Waals surface area contributed by atoms with Crippen molar-refractivity contribution in [2.75, 3.05) is 5.32 Å². The van der Waals surface area contributed by atoms with Crippen LogP contribution >= 0.6 is 11.6 Å². The van der Waals surface area contributed by atoms with Crippen LogP contribution in [0, 0.1) is 0 Å². The summed E-state index contributed by atoms with van der Waals surface area (Å²) >= 11 is 6.21. The average Bonchev–Trinajstić information content (AvgIpc) is 2.95. The molecule has 0 spiro atoms. The van der Waals surface area contributed by atoms with E-state index in [0.29, 0.717) is 0 Å². The fourth-order valence-corrected chi connectivity index (χ4v) is 2.83. The van der Waals surface area contributed by atoms with Gasteiger partial charge in [0.05, 0.1) is 0 Å². The Morgan fingerprint density at radius 2 is 1.80 bits per heavy atom. The van der Waals surface area contributed by atoms with Crippen molar-refractivity contribution in [3.8, 4) is 0 Å². The van der Waals surface area contributed by atoms with Gasteiger partial charge in [-0.15, -0.1) is 11.6 Å². The molecule has 1 amide bonds. The third-order valence-electron chi connectivity index (χ3n) is 3.69. The second-order valence-electron chi connectivity index (χ2n) is 5.10. The molecule has 0 fully saturated rings. The maximum Gasteiger partial charge on any atom is 0.246 e. The van der Waals surface area contributed by atoms with Crippen LogP contribution in [0.3, 0.4) is 0 Å². The molecule has 2 aromatic carbocycles. The zero-order valence-corrected chi connectivity index (χ0v) is 11.9. The number of fused-ring (bicyclic) bond motifs is 1. The number of halogens is 1. The molecule has 0 radical (unpaired) electrons. The molecule has 3 heteroatoms. The Hall–Kier alpha value is -1.80. The molecule has 102 valence electrons. The minimum atomic E-state index is -0.663. The molecule has 1 atom stereocenters. The van der Waals surface area contributed by atoms with E-state index in [1.807, 2.05) is 36.4 Å². The summed E-state index contributed by atoms with van der Waals surface area (Å²) in [5.41, 5.74) is 4.38. The quantitative estimate of drug-likeness (QED) is 0.846. The van der Waals surface area contributed by atoms with Gasteiger partial charge in [-0.3, -0.25) is 4.79 Å². The largest absolute Gasteiger partial charge is 0.325 e. The second-order valence-corrected chi connectivity index (χ2v) is 5.54. The molecule has 1 aliphatic rings. The van der Waals surface area contributed by atoms with Crippen molar-refractivity contribution in [1.82, 2.24) is 0 Å². The van der Waals surface area contributed by atoms with Crippen molar-refractivity contribution in [2.45, 2.75) is 24.6 Å². The van der Waals surface area contributed by atoms with Crippen molar-refractivity contribution >= 4 is 23.2 Å². The smallest absolute Gasteiger partial charge is 0.246 e. The second kappa shape index (κ2) is 5.68. The van der Waals surface area contributed by atoms with Crippen LogP contribution in [0.25, 0.3) is 0 Å². The van der Waals surface area contributed by atoms with Crippen LogP contribution in [0.15, 0.2) is 48.5 Å². The molecule has 0 aliphatic heterocycles. The van der Waals surface area contributed by atoms with Crippen LogP contribution in [0.2, 0.25) is 0 Å². The van der Waals surface area contributed by atoms with Gasteiger partial charge < -0.3 is 5.32 Å². The molecule has 20 heavy (non-hydrogen) atoms. The number of aryl methyl sites for hydroxylation is 2. The van der Waals surface area contributed by atoms with Gasteiger partial charge in [0, 0.05) is 5.69 Å². The first kappa shape index (κ1) is 13.2. The zero-order valence-electron chi connectivity index (χ0n) is 11.1. The lowest BCUT2D eigenvalue weighted by Crippen LogP contribution is -2.17. The highest BCUT2D eigenvalue weighted by Gasteiger charge is 2.18. The van der Waals surface area contributed by atoms with Gasteiger partial charge in [-0.05, 0) is 48.1 Å². The van der Waals surface area contributed by atoms with Gasteiger partial charge in [0.25, 0.3) is 0 Å². The molecule has 0 saturated heterocycles. The van der Waals surface area contributed by atoms with Crippen molar-refractivity contribution < 1.29 is 4.79 Å². The third-order valence-corrected chi connectivity index (χ3v) is 4.14. The summed E-state index contributed by atoms with van der Waals surface area (Å²) in [7, 11) is 0. The number of rotatable bonds is 3. The average molecular weight is 286 g/mol. The summed E-state index contributed by atoms with van der Waals surface area (Å²) in [5.74, 6) is -0.184. The maximum atomic E-state index is 12.2. The normalized spacial score (nSPS) is 14.7. The lowest BCUT2D eigenvalue weighted by molar-refractivity contribution is -0.116. The number of amides is 1. The van der Waals surface area contributed by atoms with Crippen molar-refractivity contribution in [3.63, 3.8) is 0 Å². The predicted octanol–water partition coefficient (Wildman–Crippen LogP) is 4.09.